The third-order valence-electron chi connectivity index (χ3n) is 2.37. The van der Waals surface area contributed by atoms with Gasteiger partial charge in [-0.25, -0.2) is 0 Å². The molecule has 4 heteroatoms. The van der Waals surface area contributed by atoms with Crippen molar-refractivity contribution in [3.63, 3.8) is 0 Å². The quantitative estimate of drug-likeness (QED) is 0.557. The first kappa shape index (κ1) is 13.8. The maximum absolute atomic E-state index is 6.07. The highest BCUT2D eigenvalue weighted by molar-refractivity contribution is 6.36. The van der Waals surface area contributed by atoms with Crippen molar-refractivity contribution in [2.45, 2.75) is 0 Å². The fourth-order valence-corrected chi connectivity index (χ4v) is 2.40. The summed E-state index contributed by atoms with van der Waals surface area (Å²) in [4.78, 5) is 0. The van der Waals surface area contributed by atoms with E-state index in [0.717, 1.165) is 11.1 Å². The van der Waals surface area contributed by atoms with E-state index in [2.05, 4.69) is 0 Å². The van der Waals surface area contributed by atoms with Crippen LogP contribution in [0.3, 0.4) is 0 Å². The Hall–Kier alpha value is -0.660. The largest absolute Gasteiger partial charge is 0.0843 e. The summed E-state index contributed by atoms with van der Waals surface area (Å²) in [6.45, 7) is 0. The fraction of sp³-hybridized carbons (Fsp3) is 0. The minimum Gasteiger partial charge on any atom is -0.0843 e. The van der Waals surface area contributed by atoms with Gasteiger partial charge in [-0.1, -0.05) is 70.7 Å². The molecule has 0 N–H and O–H groups in total. The van der Waals surface area contributed by atoms with Crippen molar-refractivity contribution in [3.05, 3.63) is 67.6 Å². The van der Waals surface area contributed by atoms with E-state index in [0.29, 0.717) is 20.1 Å². The Morgan fingerprint density at radius 2 is 1.00 bits per heavy atom. The molecule has 0 aliphatic heterocycles. The summed E-state index contributed by atoms with van der Waals surface area (Å²) in [5.74, 6) is 0. The van der Waals surface area contributed by atoms with Crippen LogP contribution in [-0.2, 0) is 0 Å². The van der Waals surface area contributed by atoms with E-state index in [1.54, 1.807) is 24.3 Å². The molecule has 0 fully saturated rings. The van der Waals surface area contributed by atoms with Crippen molar-refractivity contribution >= 4 is 58.6 Å². The third-order valence-corrected chi connectivity index (χ3v) is 3.49. The molecule has 0 spiro atoms. The van der Waals surface area contributed by atoms with Gasteiger partial charge in [0.2, 0.25) is 0 Å². The molecule has 0 aliphatic carbocycles. The monoisotopic (exact) mass is 316 g/mol. The molecule has 2 aromatic carbocycles. The fourth-order valence-electron chi connectivity index (χ4n) is 1.45. The zero-order chi connectivity index (χ0) is 13.1. The van der Waals surface area contributed by atoms with Crippen LogP contribution >= 0.6 is 46.4 Å². The van der Waals surface area contributed by atoms with Gasteiger partial charge in [-0.05, 0) is 35.4 Å². The zero-order valence-electron chi connectivity index (χ0n) is 9.13. The van der Waals surface area contributed by atoms with E-state index in [-0.39, 0.29) is 0 Å². The van der Waals surface area contributed by atoms with Gasteiger partial charge in [0, 0.05) is 20.1 Å². The molecule has 18 heavy (non-hydrogen) atoms. The van der Waals surface area contributed by atoms with Crippen LogP contribution in [0.4, 0.5) is 0 Å². The summed E-state index contributed by atoms with van der Waals surface area (Å²) in [6, 6.07) is 10.7. The lowest BCUT2D eigenvalue weighted by Gasteiger charge is -2.01. The molecule has 0 atom stereocenters. The Kier molecular flexibility index (Phi) is 4.58. The maximum atomic E-state index is 6.07. The standard InChI is InChI=1S/C14H8Cl4/c15-11-5-3-9(13(17)7-11)1-2-10-4-6-12(16)8-14(10)18/h1-8H. The Bertz CT molecular complexity index is 549. The molecular weight excluding hydrogens is 310 g/mol. The number of halogens is 4. The highest BCUT2D eigenvalue weighted by Gasteiger charge is 2.00. The van der Waals surface area contributed by atoms with Gasteiger partial charge in [-0.15, -0.1) is 0 Å². The van der Waals surface area contributed by atoms with Gasteiger partial charge in [0.15, 0.2) is 0 Å². The van der Waals surface area contributed by atoms with Crippen molar-refractivity contribution < 1.29 is 0 Å². The summed E-state index contributed by atoms with van der Waals surface area (Å²) in [7, 11) is 0. The third kappa shape index (κ3) is 3.43. The first-order valence-electron chi connectivity index (χ1n) is 5.14. The van der Waals surface area contributed by atoms with E-state index in [1.807, 2.05) is 24.3 Å². The lowest BCUT2D eigenvalue weighted by molar-refractivity contribution is 1.64. The summed E-state index contributed by atoms with van der Waals surface area (Å²) in [6.07, 6.45) is 3.77. The molecule has 0 aromatic heterocycles. The van der Waals surface area contributed by atoms with Crippen LogP contribution in [0.2, 0.25) is 20.1 Å². The summed E-state index contributed by atoms with van der Waals surface area (Å²) in [5.41, 5.74) is 1.76. The Morgan fingerprint density at radius 1 is 0.611 bits per heavy atom. The second kappa shape index (κ2) is 5.99. The second-order valence-corrected chi connectivity index (χ2v) is 5.35. The lowest BCUT2D eigenvalue weighted by atomic mass is 10.1. The molecule has 0 bridgehead atoms. The van der Waals surface area contributed by atoms with Gasteiger partial charge < -0.3 is 0 Å². The topological polar surface area (TPSA) is 0 Å². The SMILES string of the molecule is Clc1ccc(C=Cc2ccc(Cl)cc2Cl)c(Cl)c1. The molecule has 0 radical (unpaired) electrons. The maximum Gasteiger partial charge on any atom is 0.0493 e. The summed E-state index contributed by atoms with van der Waals surface area (Å²) in [5, 5.41) is 2.43. The highest BCUT2D eigenvalue weighted by atomic mass is 35.5. The Morgan fingerprint density at radius 3 is 1.33 bits per heavy atom. The van der Waals surface area contributed by atoms with Crippen LogP contribution in [0.25, 0.3) is 12.2 Å². The number of benzene rings is 2. The van der Waals surface area contributed by atoms with Crippen LogP contribution in [0.15, 0.2) is 36.4 Å². The lowest BCUT2D eigenvalue weighted by Crippen LogP contribution is -1.77. The van der Waals surface area contributed by atoms with Crippen molar-refractivity contribution in [2.75, 3.05) is 0 Å². The van der Waals surface area contributed by atoms with Crippen molar-refractivity contribution in [1.29, 1.82) is 0 Å². The molecule has 0 saturated carbocycles. The van der Waals surface area contributed by atoms with Gasteiger partial charge in [0.1, 0.15) is 0 Å². The average Bonchev–Trinajstić information content (AvgIpc) is 2.30. The first-order valence-corrected chi connectivity index (χ1v) is 6.65. The first-order chi connectivity index (χ1) is 8.56. The van der Waals surface area contributed by atoms with Gasteiger partial charge >= 0.3 is 0 Å². The van der Waals surface area contributed by atoms with Gasteiger partial charge in [-0.2, -0.15) is 0 Å². The average molecular weight is 318 g/mol. The molecule has 92 valence electrons. The Labute approximate surface area is 126 Å². The summed E-state index contributed by atoms with van der Waals surface area (Å²) >= 11 is 23.8. The van der Waals surface area contributed by atoms with Crippen molar-refractivity contribution in [2.24, 2.45) is 0 Å². The van der Waals surface area contributed by atoms with Crippen LogP contribution in [0, 0.1) is 0 Å². The van der Waals surface area contributed by atoms with Crippen LogP contribution < -0.4 is 0 Å². The zero-order valence-corrected chi connectivity index (χ0v) is 12.2. The van der Waals surface area contributed by atoms with Crippen LogP contribution in [0.5, 0.6) is 0 Å². The van der Waals surface area contributed by atoms with E-state index < -0.39 is 0 Å². The van der Waals surface area contributed by atoms with Crippen LogP contribution in [0.1, 0.15) is 11.1 Å². The molecule has 0 amide bonds. The molecule has 0 unspecified atom stereocenters. The van der Waals surface area contributed by atoms with Gasteiger partial charge in [0.05, 0.1) is 0 Å². The van der Waals surface area contributed by atoms with E-state index in [4.69, 9.17) is 46.4 Å². The highest BCUT2D eigenvalue weighted by Crippen LogP contribution is 2.25. The van der Waals surface area contributed by atoms with Gasteiger partial charge in [0.25, 0.3) is 0 Å². The summed E-state index contributed by atoms with van der Waals surface area (Å²) < 4.78 is 0. The van der Waals surface area contributed by atoms with E-state index >= 15 is 0 Å². The number of hydrogen-bond acceptors (Lipinski definition) is 0. The normalized spacial score (nSPS) is 11.1. The van der Waals surface area contributed by atoms with E-state index in [1.165, 1.54) is 0 Å². The minimum atomic E-state index is 0.601. The predicted molar refractivity (Wildman–Crippen MR) is 81.9 cm³/mol. The smallest absolute Gasteiger partial charge is 0.0493 e. The van der Waals surface area contributed by atoms with Gasteiger partial charge in [-0.3, -0.25) is 0 Å². The van der Waals surface area contributed by atoms with Crippen molar-refractivity contribution in [3.8, 4) is 0 Å². The van der Waals surface area contributed by atoms with Crippen LogP contribution in [-0.4, -0.2) is 0 Å². The molecule has 0 heterocycles. The Balaban J connectivity index is 2.30. The molecule has 2 rings (SSSR count). The molecular formula is C14H8Cl4. The van der Waals surface area contributed by atoms with E-state index in [9.17, 15) is 0 Å². The molecule has 0 nitrogen and oxygen atoms in total. The molecule has 0 aliphatic rings. The second-order valence-electron chi connectivity index (χ2n) is 3.67. The molecule has 0 saturated heterocycles. The number of hydrogen-bond donors (Lipinski definition) is 0. The predicted octanol–water partition coefficient (Wildman–Crippen LogP) is 6.47. The molecule has 2 aromatic rings. The number of rotatable bonds is 2. The minimum absolute atomic E-state index is 0.601. The van der Waals surface area contributed by atoms with Crippen molar-refractivity contribution in [1.82, 2.24) is 0 Å².